The van der Waals surface area contributed by atoms with Crippen LogP contribution in [0.2, 0.25) is 0 Å². The second-order valence-electron chi connectivity index (χ2n) is 4.97. The molecule has 1 aliphatic rings. The zero-order valence-electron chi connectivity index (χ0n) is 11.3. The summed E-state index contributed by atoms with van der Waals surface area (Å²) in [5.41, 5.74) is 0. The minimum Gasteiger partial charge on any atom is -0.343 e. The molecule has 0 atom stereocenters. The van der Waals surface area contributed by atoms with Crippen molar-refractivity contribution < 1.29 is 13.2 Å². The summed E-state index contributed by atoms with van der Waals surface area (Å²) in [5, 5.41) is 0. The first-order valence-corrected chi connectivity index (χ1v) is 8.32. The number of nitrogens with zero attached hydrogens (tertiary/aromatic N) is 1. The Labute approximate surface area is 110 Å². The Morgan fingerprint density at radius 3 is 2.44 bits per heavy atom. The van der Waals surface area contributed by atoms with Crippen LogP contribution in [0.1, 0.15) is 39.5 Å². The molecule has 1 heterocycles. The molecule has 0 radical (unpaired) electrons. The van der Waals surface area contributed by atoms with Crippen LogP contribution in [0.25, 0.3) is 0 Å². The van der Waals surface area contributed by atoms with Crippen molar-refractivity contribution in [3.05, 3.63) is 0 Å². The minimum atomic E-state index is -3.10. The average Bonchev–Trinajstić information content (AvgIpc) is 2.35. The zero-order chi connectivity index (χ0) is 13.6. The molecule has 106 valence electrons. The van der Waals surface area contributed by atoms with Gasteiger partial charge in [0, 0.05) is 26.6 Å². The van der Waals surface area contributed by atoms with Gasteiger partial charge in [-0.3, -0.25) is 4.79 Å². The molecule has 0 saturated carbocycles. The van der Waals surface area contributed by atoms with E-state index in [4.69, 9.17) is 0 Å². The summed E-state index contributed by atoms with van der Waals surface area (Å²) in [6.45, 7) is 5.56. The van der Waals surface area contributed by atoms with Crippen molar-refractivity contribution >= 4 is 15.9 Å². The quantitative estimate of drug-likeness (QED) is 0.786. The predicted octanol–water partition coefficient (Wildman–Crippen LogP) is 0.964. The van der Waals surface area contributed by atoms with Crippen LogP contribution < -0.4 is 4.72 Å². The molecule has 0 aromatic heterocycles. The van der Waals surface area contributed by atoms with Gasteiger partial charge in [0.25, 0.3) is 0 Å². The monoisotopic (exact) mass is 276 g/mol. The Morgan fingerprint density at radius 1 is 1.33 bits per heavy atom. The van der Waals surface area contributed by atoms with E-state index in [0.29, 0.717) is 18.9 Å². The number of amides is 1. The van der Waals surface area contributed by atoms with Gasteiger partial charge in [-0.25, -0.2) is 13.1 Å². The van der Waals surface area contributed by atoms with E-state index >= 15 is 0 Å². The molecule has 5 nitrogen and oxygen atoms in total. The van der Waals surface area contributed by atoms with Crippen LogP contribution in [0, 0.1) is 5.92 Å². The Bertz CT molecular complexity index is 360. The number of sulfonamides is 1. The molecular formula is C12H24N2O3S. The predicted molar refractivity (Wildman–Crippen MR) is 71.7 cm³/mol. The summed E-state index contributed by atoms with van der Waals surface area (Å²) in [7, 11) is -3.10. The first-order chi connectivity index (χ1) is 8.44. The van der Waals surface area contributed by atoms with Gasteiger partial charge in [0.15, 0.2) is 0 Å². The van der Waals surface area contributed by atoms with Crippen molar-refractivity contribution in [3.8, 4) is 0 Å². The molecule has 1 aliphatic heterocycles. The Balaban J connectivity index is 2.27. The maximum Gasteiger partial charge on any atom is 0.219 e. The molecule has 18 heavy (non-hydrogen) atoms. The number of piperidine rings is 1. The fraction of sp³-hybridized carbons (Fsp3) is 0.917. The van der Waals surface area contributed by atoms with Crippen molar-refractivity contribution in [1.82, 2.24) is 9.62 Å². The number of hydrogen-bond donors (Lipinski definition) is 1. The van der Waals surface area contributed by atoms with E-state index in [1.54, 1.807) is 6.92 Å². The van der Waals surface area contributed by atoms with Crippen LogP contribution in [0.3, 0.4) is 0 Å². The smallest absolute Gasteiger partial charge is 0.219 e. The molecule has 1 amide bonds. The molecule has 1 fully saturated rings. The van der Waals surface area contributed by atoms with Gasteiger partial charge < -0.3 is 4.90 Å². The second-order valence-corrected chi connectivity index (χ2v) is 6.90. The summed E-state index contributed by atoms with van der Waals surface area (Å²) < 4.78 is 25.9. The van der Waals surface area contributed by atoms with E-state index in [1.807, 2.05) is 11.8 Å². The summed E-state index contributed by atoms with van der Waals surface area (Å²) in [5.74, 6) is 0.685. The molecule has 1 N–H and O–H groups in total. The van der Waals surface area contributed by atoms with Gasteiger partial charge in [-0.1, -0.05) is 13.3 Å². The third kappa shape index (κ3) is 5.35. The fourth-order valence-corrected chi connectivity index (χ4v) is 3.41. The highest BCUT2D eigenvalue weighted by Crippen LogP contribution is 2.16. The standard InChI is InChI=1S/C12H24N2O3S/c1-3-4-9-18(16,17)13-10-12-5-7-14(8-6-12)11(2)15/h12-13H,3-10H2,1-2H3. The third-order valence-corrected chi connectivity index (χ3v) is 4.85. The Hall–Kier alpha value is -0.620. The molecule has 0 spiro atoms. The number of hydrogen-bond acceptors (Lipinski definition) is 3. The van der Waals surface area contributed by atoms with Crippen molar-refractivity contribution in [1.29, 1.82) is 0 Å². The van der Waals surface area contributed by atoms with Gasteiger partial charge in [-0.2, -0.15) is 0 Å². The summed E-state index contributed by atoms with van der Waals surface area (Å²) in [6, 6.07) is 0. The lowest BCUT2D eigenvalue weighted by Gasteiger charge is -2.31. The van der Waals surface area contributed by atoms with Crippen LogP contribution in [0.15, 0.2) is 0 Å². The van der Waals surface area contributed by atoms with Crippen LogP contribution in [-0.4, -0.2) is 44.6 Å². The molecule has 0 bridgehead atoms. The van der Waals surface area contributed by atoms with Crippen LogP contribution in [0.5, 0.6) is 0 Å². The molecule has 0 aliphatic carbocycles. The highest BCUT2D eigenvalue weighted by Gasteiger charge is 2.21. The number of nitrogens with one attached hydrogen (secondary N) is 1. The molecule has 1 rings (SSSR count). The number of unbranched alkanes of at least 4 members (excludes halogenated alkanes) is 1. The van der Waals surface area contributed by atoms with Gasteiger partial charge in [-0.15, -0.1) is 0 Å². The molecule has 1 saturated heterocycles. The lowest BCUT2D eigenvalue weighted by atomic mass is 9.97. The first-order valence-electron chi connectivity index (χ1n) is 6.67. The van der Waals surface area contributed by atoms with Crippen LogP contribution in [-0.2, 0) is 14.8 Å². The van der Waals surface area contributed by atoms with E-state index in [0.717, 1.165) is 32.4 Å². The second kappa shape index (κ2) is 7.09. The fourth-order valence-electron chi connectivity index (χ4n) is 2.10. The molecule has 0 aromatic carbocycles. The van der Waals surface area contributed by atoms with E-state index < -0.39 is 10.0 Å². The molecule has 0 aromatic rings. The summed E-state index contributed by atoms with van der Waals surface area (Å²) >= 11 is 0. The molecule has 6 heteroatoms. The SMILES string of the molecule is CCCCS(=O)(=O)NCC1CCN(C(C)=O)CC1. The van der Waals surface area contributed by atoms with Gasteiger partial charge in [0.2, 0.25) is 15.9 Å². The van der Waals surface area contributed by atoms with Gasteiger partial charge >= 0.3 is 0 Å². The van der Waals surface area contributed by atoms with Gasteiger partial charge in [0.05, 0.1) is 5.75 Å². The van der Waals surface area contributed by atoms with E-state index in [9.17, 15) is 13.2 Å². The normalized spacial score (nSPS) is 18.0. The van der Waals surface area contributed by atoms with Gasteiger partial charge in [-0.05, 0) is 25.2 Å². The van der Waals surface area contributed by atoms with E-state index in [2.05, 4.69) is 4.72 Å². The lowest BCUT2D eigenvalue weighted by Crippen LogP contribution is -2.40. The maximum atomic E-state index is 11.6. The van der Waals surface area contributed by atoms with Crippen molar-refractivity contribution in [3.63, 3.8) is 0 Å². The number of carbonyl (C=O) groups excluding carboxylic acids is 1. The van der Waals surface area contributed by atoms with E-state index in [-0.39, 0.29) is 11.7 Å². The van der Waals surface area contributed by atoms with Crippen molar-refractivity contribution in [2.24, 2.45) is 5.92 Å². The zero-order valence-corrected chi connectivity index (χ0v) is 12.1. The van der Waals surface area contributed by atoms with Crippen LogP contribution in [0.4, 0.5) is 0 Å². The number of likely N-dealkylation sites (tertiary alicyclic amines) is 1. The highest BCUT2D eigenvalue weighted by atomic mass is 32.2. The van der Waals surface area contributed by atoms with Crippen LogP contribution >= 0.6 is 0 Å². The third-order valence-electron chi connectivity index (χ3n) is 3.42. The lowest BCUT2D eigenvalue weighted by molar-refractivity contribution is -0.130. The Kier molecular flexibility index (Phi) is 6.08. The largest absolute Gasteiger partial charge is 0.343 e. The number of carbonyl (C=O) groups is 1. The van der Waals surface area contributed by atoms with Crippen molar-refractivity contribution in [2.45, 2.75) is 39.5 Å². The summed E-state index contributed by atoms with van der Waals surface area (Å²) in [4.78, 5) is 13.0. The van der Waals surface area contributed by atoms with Gasteiger partial charge in [0.1, 0.15) is 0 Å². The topological polar surface area (TPSA) is 66.5 Å². The van der Waals surface area contributed by atoms with Crippen molar-refractivity contribution in [2.75, 3.05) is 25.4 Å². The minimum absolute atomic E-state index is 0.108. The summed E-state index contributed by atoms with van der Waals surface area (Å²) in [6.07, 6.45) is 3.36. The highest BCUT2D eigenvalue weighted by molar-refractivity contribution is 7.89. The average molecular weight is 276 g/mol. The first kappa shape index (κ1) is 15.4. The van der Waals surface area contributed by atoms with E-state index in [1.165, 1.54) is 0 Å². The number of rotatable bonds is 6. The Morgan fingerprint density at radius 2 is 1.94 bits per heavy atom. The maximum absolute atomic E-state index is 11.6. The molecular weight excluding hydrogens is 252 g/mol. The molecule has 0 unspecified atom stereocenters.